The standard InChI is InChI=1S/C16H15F3N2O2/c1-21(2)15(22)13-5-4-6-20-14(13)10-7-11(16(17,18)19)9-12(8-10)23-3/h4-9H,1-3H3. The smallest absolute Gasteiger partial charge is 0.416 e. The molecule has 2 rings (SSSR count). The molecule has 0 fully saturated rings. The lowest BCUT2D eigenvalue weighted by Gasteiger charge is -2.15. The average molecular weight is 324 g/mol. The molecule has 7 heteroatoms. The lowest BCUT2D eigenvalue weighted by molar-refractivity contribution is -0.137. The second kappa shape index (κ2) is 6.28. The van der Waals surface area contributed by atoms with E-state index in [1.165, 1.54) is 30.3 Å². The van der Waals surface area contributed by atoms with Crippen LogP contribution in [-0.2, 0) is 6.18 Å². The van der Waals surface area contributed by atoms with Gasteiger partial charge in [0.05, 0.1) is 23.9 Å². The Kier molecular flexibility index (Phi) is 4.58. The number of carbonyl (C=O) groups excluding carboxylic acids is 1. The van der Waals surface area contributed by atoms with Crippen LogP contribution in [0.25, 0.3) is 11.3 Å². The Morgan fingerprint density at radius 3 is 2.48 bits per heavy atom. The van der Waals surface area contributed by atoms with Crippen molar-refractivity contribution in [3.05, 3.63) is 47.7 Å². The van der Waals surface area contributed by atoms with E-state index < -0.39 is 11.7 Å². The van der Waals surface area contributed by atoms with Crippen LogP contribution in [0.1, 0.15) is 15.9 Å². The van der Waals surface area contributed by atoms with E-state index in [-0.39, 0.29) is 28.5 Å². The molecule has 4 nitrogen and oxygen atoms in total. The second-order valence-electron chi connectivity index (χ2n) is 5.05. The van der Waals surface area contributed by atoms with Gasteiger partial charge in [-0.3, -0.25) is 9.78 Å². The molecule has 0 aliphatic heterocycles. The maximum absolute atomic E-state index is 13.0. The van der Waals surface area contributed by atoms with Crippen molar-refractivity contribution in [1.29, 1.82) is 0 Å². The number of benzene rings is 1. The number of hydrogen-bond acceptors (Lipinski definition) is 3. The summed E-state index contributed by atoms with van der Waals surface area (Å²) in [7, 11) is 4.40. The number of alkyl halides is 3. The average Bonchev–Trinajstić information content (AvgIpc) is 2.52. The SMILES string of the molecule is COc1cc(-c2ncccc2C(=O)N(C)C)cc(C(F)(F)F)c1. The van der Waals surface area contributed by atoms with Gasteiger partial charge in [0.25, 0.3) is 5.91 Å². The monoisotopic (exact) mass is 324 g/mol. The molecule has 0 atom stereocenters. The molecular weight excluding hydrogens is 309 g/mol. The molecule has 0 saturated carbocycles. The van der Waals surface area contributed by atoms with Gasteiger partial charge in [0, 0.05) is 25.9 Å². The van der Waals surface area contributed by atoms with Crippen molar-refractivity contribution >= 4 is 5.91 Å². The zero-order valence-electron chi connectivity index (χ0n) is 12.8. The minimum absolute atomic E-state index is 0.0451. The maximum atomic E-state index is 13.0. The van der Waals surface area contributed by atoms with Gasteiger partial charge in [0.2, 0.25) is 0 Å². The van der Waals surface area contributed by atoms with E-state index in [1.54, 1.807) is 20.2 Å². The van der Waals surface area contributed by atoms with Crippen LogP contribution in [0.2, 0.25) is 0 Å². The number of amides is 1. The van der Waals surface area contributed by atoms with Crippen molar-refractivity contribution in [2.75, 3.05) is 21.2 Å². The van der Waals surface area contributed by atoms with E-state index in [1.807, 2.05) is 0 Å². The summed E-state index contributed by atoms with van der Waals surface area (Å²) in [6, 6.07) is 6.36. The second-order valence-corrected chi connectivity index (χ2v) is 5.05. The van der Waals surface area contributed by atoms with Gasteiger partial charge >= 0.3 is 6.18 Å². The van der Waals surface area contributed by atoms with Crippen molar-refractivity contribution in [2.45, 2.75) is 6.18 Å². The molecule has 1 aromatic carbocycles. The molecule has 0 bridgehead atoms. The van der Waals surface area contributed by atoms with Gasteiger partial charge in [-0.05, 0) is 30.3 Å². The third kappa shape index (κ3) is 3.61. The van der Waals surface area contributed by atoms with Crippen LogP contribution in [0, 0.1) is 0 Å². The lowest BCUT2D eigenvalue weighted by Crippen LogP contribution is -2.22. The first-order valence-corrected chi connectivity index (χ1v) is 6.67. The van der Waals surface area contributed by atoms with Crippen LogP contribution in [-0.4, -0.2) is 37.0 Å². The van der Waals surface area contributed by atoms with Crippen LogP contribution in [0.4, 0.5) is 13.2 Å². The third-order valence-corrected chi connectivity index (χ3v) is 3.19. The number of halogens is 3. The van der Waals surface area contributed by atoms with E-state index in [9.17, 15) is 18.0 Å². The predicted octanol–water partition coefficient (Wildman–Crippen LogP) is 3.48. The Bertz CT molecular complexity index is 728. The summed E-state index contributed by atoms with van der Waals surface area (Å²) in [6.45, 7) is 0. The highest BCUT2D eigenvalue weighted by atomic mass is 19.4. The lowest BCUT2D eigenvalue weighted by atomic mass is 10.0. The summed E-state index contributed by atoms with van der Waals surface area (Å²) >= 11 is 0. The van der Waals surface area contributed by atoms with Gasteiger partial charge in [-0.15, -0.1) is 0 Å². The number of rotatable bonds is 3. The fourth-order valence-electron chi connectivity index (χ4n) is 2.07. The summed E-state index contributed by atoms with van der Waals surface area (Å²) in [5.41, 5.74) is -0.294. The molecule has 0 N–H and O–H groups in total. The van der Waals surface area contributed by atoms with Crippen LogP contribution < -0.4 is 4.74 Å². The summed E-state index contributed by atoms with van der Waals surface area (Å²) < 4.78 is 44.0. The predicted molar refractivity (Wildman–Crippen MR) is 79.2 cm³/mol. The normalized spacial score (nSPS) is 11.2. The Labute approximate surface area is 131 Å². The minimum Gasteiger partial charge on any atom is -0.497 e. The molecule has 0 saturated heterocycles. The van der Waals surface area contributed by atoms with E-state index >= 15 is 0 Å². The summed E-state index contributed by atoms with van der Waals surface area (Å²) in [5, 5.41) is 0. The van der Waals surface area contributed by atoms with Gasteiger partial charge in [-0.25, -0.2) is 0 Å². The number of pyridine rings is 1. The van der Waals surface area contributed by atoms with Gasteiger partial charge in [0.15, 0.2) is 0 Å². The zero-order chi connectivity index (χ0) is 17.2. The van der Waals surface area contributed by atoms with E-state index in [0.717, 1.165) is 12.1 Å². The molecular formula is C16H15F3N2O2. The maximum Gasteiger partial charge on any atom is 0.416 e. The summed E-state index contributed by atoms with van der Waals surface area (Å²) in [4.78, 5) is 17.6. The van der Waals surface area contributed by atoms with E-state index in [4.69, 9.17) is 4.74 Å². The van der Waals surface area contributed by atoms with Gasteiger partial charge < -0.3 is 9.64 Å². The summed E-state index contributed by atoms with van der Waals surface area (Å²) in [6.07, 6.45) is -3.10. The molecule has 0 radical (unpaired) electrons. The molecule has 1 heterocycles. The number of ether oxygens (including phenoxy) is 1. The quantitative estimate of drug-likeness (QED) is 0.868. The summed E-state index contributed by atoms with van der Waals surface area (Å²) in [5.74, 6) is -0.298. The number of carbonyl (C=O) groups is 1. The third-order valence-electron chi connectivity index (χ3n) is 3.19. The highest BCUT2D eigenvalue weighted by Gasteiger charge is 2.32. The van der Waals surface area contributed by atoms with Crippen molar-refractivity contribution in [3.63, 3.8) is 0 Å². The van der Waals surface area contributed by atoms with E-state index in [2.05, 4.69) is 4.98 Å². The molecule has 0 aliphatic rings. The van der Waals surface area contributed by atoms with Crippen molar-refractivity contribution in [3.8, 4) is 17.0 Å². The first kappa shape index (κ1) is 16.8. The highest BCUT2D eigenvalue weighted by Crippen LogP contribution is 2.36. The van der Waals surface area contributed by atoms with Crippen molar-refractivity contribution in [1.82, 2.24) is 9.88 Å². The number of methoxy groups -OCH3 is 1. The molecule has 1 aromatic heterocycles. The zero-order valence-corrected chi connectivity index (χ0v) is 12.8. The van der Waals surface area contributed by atoms with Crippen LogP contribution in [0.3, 0.4) is 0 Å². The number of aromatic nitrogens is 1. The Balaban J connectivity index is 2.65. The van der Waals surface area contributed by atoms with Crippen LogP contribution in [0.5, 0.6) is 5.75 Å². The van der Waals surface area contributed by atoms with Gasteiger partial charge in [-0.1, -0.05) is 0 Å². The highest BCUT2D eigenvalue weighted by molar-refractivity contribution is 5.99. The van der Waals surface area contributed by atoms with Gasteiger partial charge in [-0.2, -0.15) is 13.2 Å². The Morgan fingerprint density at radius 1 is 1.22 bits per heavy atom. The first-order valence-electron chi connectivity index (χ1n) is 6.67. The van der Waals surface area contributed by atoms with E-state index in [0.29, 0.717) is 0 Å². The van der Waals surface area contributed by atoms with Crippen LogP contribution in [0.15, 0.2) is 36.5 Å². The molecule has 23 heavy (non-hydrogen) atoms. The molecule has 2 aromatic rings. The Hall–Kier alpha value is -2.57. The van der Waals surface area contributed by atoms with Crippen LogP contribution >= 0.6 is 0 Å². The van der Waals surface area contributed by atoms with Crippen molar-refractivity contribution in [2.24, 2.45) is 0 Å². The number of hydrogen-bond donors (Lipinski definition) is 0. The largest absolute Gasteiger partial charge is 0.497 e. The molecule has 1 amide bonds. The topological polar surface area (TPSA) is 42.4 Å². The fourth-order valence-corrected chi connectivity index (χ4v) is 2.07. The molecule has 0 unspecified atom stereocenters. The number of nitrogens with zero attached hydrogens (tertiary/aromatic N) is 2. The molecule has 122 valence electrons. The first-order chi connectivity index (χ1) is 10.7. The molecule has 0 aliphatic carbocycles. The Morgan fingerprint density at radius 2 is 1.91 bits per heavy atom. The fraction of sp³-hybridized carbons (Fsp3) is 0.250. The van der Waals surface area contributed by atoms with Gasteiger partial charge in [0.1, 0.15) is 5.75 Å². The van der Waals surface area contributed by atoms with Crippen molar-refractivity contribution < 1.29 is 22.7 Å². The molecule has 0 spiro atoms. The minimum atomic E-state index is -4.52.